The number of rotatable bonds is 7. The number of benzene rings is 1. The molecular formula is C24H29N3O6S. The minimum Gasteiger partial charge on any atom is -0.493 e. The van der Waals surface area contributed by atoms with E-state index in [2.05, 4.69) is 4.90 Å². The van der Waals surface area contributed by atoms with Gasteiger partial charge in [0.05, 0.1) is 40.4 Å². The van der Waals surface area contributed by atoms with Gasteiger partial charge in [0.2, 0.25) is 0 Å². The highest BCUT2D eigenvalue weighted by atomic mass is 32.1. The number of hydrogen-bond acceptors (Lipinski definition) is 9. The van der Waals surface area contributed by atoms with Gasteiger partial charge in [-0.1, -0.05) is 6.07 Å². The average Bonchev–Trinajstić information content (AvgIpc) is 3.29. The van der Waals surface area contributed by atoms with Crippen LogP contribution in [-0.4, -0.2) is 74.6 Å². The molecule has 0 saturated carbocycles. The number of hydroxylamine groups is 2. The van der Waals surface area contributed by atoms with Gasteiger partial charge in [0.1, 0.15) is 6.04 Å². The molecule has 1 unspecified atom stereocenters. The van der Waals surface area contributed by atoms with Gasteiger partial charge < -0.3 is 23.6 Å². The number of nitrogens with zero attached hydrogens (tertiary/aromatic N) is 3. The molecule has 0 aliphatic carbocycles. The molecule has 4 rings (SSSR count). The van der Waals surface area contributed by atoms with Crippen LogP contribution >= 0.6 is 11.3 Å². The van der Waals surface area contributed by atoms with Crippen molar-refractivity contribution < 1.29 is 23.8 Å². The SMILES string of the molecule is COC(=O)C1CN(OC)CCN1Cc1cc2c(=O)n(C)cc(-c3ccc(OC)c(OC)c3)c2s1. The average molecular weight is 488 g/mol. The highest BCUT2D eigenvalue weighted by Crippen LogP contribution is 2.38. The molecule has 1 aliphatic heterocycles. The number of esters is 1. The second-order valence-corrected chi connectivity index (χ2v) is 9.20. The Kier molecular flexibility index (Phi) is 7.22. The number of hydrogen-bond donors (Lipinski definition) is 0. The standard InChI is InChI=1S/C24H29N3O6S/c1-25-13-18(15-6-7-20(30-2)21(10-15)31-3)22-17(23(25)28)11-16(34-22)12-26-8-9-27(33-5)14-19(26)24(29)32-4/h6-7,10-11,13,19H,8-9,12,14H2,1-5H3. The van der Waals surface area contributed by atoms with E-state index >= 15 is 0 Å². The molecule has 1 aromatic carbocycles. The largest absolute Gasteiger partial charge is 0.493 e. The van der Waals surface area contributed by atoms with Crippen LogP contribution in [0.25, 0.3) is 21.2 Å². The molecule has 3 heterocycles. The maximum atomic E-state index is 13.0. The van der Waals surface area contributed by atoms with Gasteiger partial charge in [-0.15, -0.1) is 11.3 Å². The third kappa shape index (κ3) is 4.54. The van der Waals surface area contributed by atoms with Gasteiger partial charge in [-0.3, -0.25) is 14.5 Å². The van der Waals surface area contributed by atoms with E-state index in [-0.39, 0.29) is 11.5 Å². The number of methoxy groups -OCH3 is 3. The third-order valence-electron chi connectivity index (χ3n) is 6.14. The van der Waals surface area contributed by atoms with Crippen LogP contribution in [0.15, 0.2) is 35.3 Å². The lowest BCUT2D eigenvalue weighted by Crippen LogP contribution is -2.55. The Bertz CT molecular complexity index is 1250. The number of thiophene rings is 1. The number of aryl methyl sites for hydroxylation is 1. The Morgan fingerprint density at radius 3 is 2.53 bits per heavy atom. The van der Waals surface area contributed by atoms with Crippen molar-refractivity contribution in [1.82, 2.24) is 14.5 Å². The summed E-state index contributed by atoms with van der Waals surface area (Å²) in [5, 5.41) is 2.41. The van der Waals surface area contributed by atoms with Crippen molar-refractivity contribution in [1.29, 1.82) is 0 Å². The Labute approximate surface area is 201 Å². The number of pyridine rings is 1. The van der Waals surface area contributed by atoms with Crippen LogP contribution in [0.1, 0.15) is 4.88 Å². The van der Waals surface area contributed by atoms with Crippen LogP contribution in [0.2, 0.25) is 0 Å². The van der Waals surface area contributed by atoms with E-state index in [4.69, 9.17) is 19.0 Å². The minimum atomic E-state index is -0.447. The summed E-state index contributed by atoms with van der Waals surface area (Å²) in [6, 6.07) is 7.21. The number of carbonyl (C=O) groups excluding carboxylic acids is 1. The van der Waals surface area contributed by atoms with Gasteiger partial charge >= 0.3 is 5.97 Å². The maximum Gasteiger partial charge on any atom is 0.324 e. The highest BCUT2D eigenvalue weighted by molar-refractivity contribution is 7.19. The number of piperazine rings is 1. The van der Waals surface area contributed by atoms with Gasteiger partial charge in [0.25, 0.3) is 5.56 Å². The molecule has 3 aromatic rings. The zero-order valence-electron chi connectivity index (χ0n) is 20.0. The normalized spacial score (nSPS) is 17.1. The van der Waals surface area contributed by atoms with Crippen LogP contribution in [0.5, 0.6) is 11.5 Å². The lowest BCUT2D eigenvalue weighted by atomic mass is 10.1. The second kappa shape index (κ2) is 10.1. The molecule has 182 valence electrons. The fraction of sp³-hybridized carbons (Fsp3) is 0.417. The van der Waals surface area contributed by atoms with Crippen molar-refractivity contribution in [2.24, 2.45) is 7.05 Å². The first-order valence-electron chi connectivity index (χ1n) is 10.9. The Morgan fingerprint density at radius 1 is 1.09 bits per heavy atom. The molecule has 0 amide bonds. The van der Waals surface area contributed by atoms with Crippen molar-refractivity contribution >= 4 is 27.4 Å². The summed E-state index contributed by atoms with van der Waals surface area (Å²) < 4.78 is 18.4. The molecule has 1 fully saturated rings. The van der Waals surface area contributed by atoms with Gasteiger partial charge in [-0.25, -0.2) is 0 Å². The van der Waals surface area contributed by atoms with E-state index in [1.807, 2.05) is 30.5 Å². The summed E-state index contributed by atoms with van der Waals surface area (Å²) in [7, 11) is 7.94. The predicted octanol–water partition coefficient (Wildman–Crippen LogP) is 2.50. The van der Waals surface area contributed by atoms with E-state index in [9.17, 15) is 9.59 Å². The zero-order valence-corrected chi connectivity index (χ0v) is 20.8. The molecule has 9 nitrogen and oxygen atoms in total. The van der Waals surface area contributed by atoms with Crippen molar-refractivity contribution in [3.8, 4) is 22.6 Å². The molecule has 10 heteroatoms. The molecule has 34 heavy (non-hydrogen) atoms. The molecule has 0 N–H and O–H groups in total. The number of aromatic nitrogens is 1. The van der Waals surface area contributed by atoms with Crippen LogP contribution < -0.4 is 15.0 Å². The summed E-state index contributed by atoms with van der Waals surface area (Å²) in [5.41, 5.74) is 1.80. The zero-order chi connectivity index (χ0) is 24.4. The van der Waals surface area contributed by atoms with E-state index < -0.39 is 6.04 Å². The molecule has 1 aliphatic rings. The Morgan fingerprint density at radius 2 is 1.85 bits per heavy atom. The summed E-state index contributed by atoms with van der Waals surface area (Å²) in [6.45, 7) is 2.27. The lowest BCUT2D eigenvalue weighted by molar-refractivity contribution is -0.181. The summed E-state index contributed by atoms with van der Waals surface area (Å²) in [5.74, 6) is 0.962. The van der Waals surface area contributed by atoms with Gasteiger partial charge in [0, 0.05) is 48.0 Å². The van der Waals surface area contributed by atoms with E-state index in [0.717, 1.165) is 20.7 Å². The fourth-order valence-corrected chi connectivity index (χ4v) is 5.51. The molecule has 0 bridgehead atoms. The quantitative estimate of drug-likeness (QED) is 0.470. The first kappa shape index (κ1) is 24.2. The van der Waals surface area contributed by atoms with Gasteiger partial charge in [0.15, 0.2) is 11.5 Å². The Balaban J connectivity index is 1.74. The van der Waals surface area contributed by atoms with Crippen molar-refractivity contribution in [3.63, 3.8) is 0 Å². The van der Waals surface area contributed by atoms with E-state index in [1.165, 1.54) is 7.11 Å². The Hall–Kier alpha value is -2.92. The molecule has 1 saturated heterocycles. The van der Waals surface area contributed by atoms with Gasteiger partial charge in [-0.05, 0) is 23.8 Å². The number of fused-ring (bicyclic) bond motifs is 1. The van der Waals surface area contributed by atoms with Crippen LogP contribution in [-0.2, 0) is 28.0 Å². The van der Waals surface area contributed by atoms with Crippen LogP contribution in [0.4, 0.5) is 0 Å². The smallest absolute Gasteiger partial charge is 0.324 e. The van der Waals surface area contributed by atoms with Crippen molar-refractivity contribution in [3.05, 3.63) is 45.7 Å². The third-order valence-corrected chi connectivity index (χ3v) is 7.29. The van der Waals surface area contributed by atoms with Crippen molar-refractivity contribution in [2.45, 2.75) is 12.6 Å². The van der Waals surface area contributed by atoms with Crippen LogP contribution in [0, 0.1) is 0 Å². The monoisotopic (exact) mass is 487 g/mol. The van der Waals surface area contributed by atoms with Crippen LogP contribution in [0.3, 0.4) is 0 Å². The topological polar surface area (TPSA) is 82.5 Å². The molecule has 0 radical (unpaired) electrons. The number of ether oxygens (including phenoxy) is 3. The molecular weight excluding hydrogens is 458 g/mol. The van der Waals surface area contributed by atoms with Gasteiger partial charge in [-0.2, -0.15) is 5.06 Å². The summed E-state index contributed by atoms with van der Waals surface area (Å²) in [6.07, 6.45) is 1.85. The molecule has 1 atom stereocenters. The summed E-state index contributed by atoms with van der Waals surface area (Å²) >= 11 is 1.56. The predicted molar refractivity (Wildman–Crippen MR) is 130 cm³/mol. The highest BCUT2D eigenvalue weighted by Gasteiger charge is 2.33. The second-order valence-electron chi connectivity index (χ2n) is 8.06. The first-order valence-corrected chi connectivity index (χ1v) is 11.7. The number of carbonyl (C=O) groups is 1. The first-order chi connectivity index (χ1) is 16.4. The summed E-state index contributed by atoms with van der Waals surface area (Å²) in [4.78, 5) is 33.8. The molecule has 2 aromatic heterocycles. The fourth-order valence-electron chi connectivity index (χ4n) is 4.30. The molecule has 0 spiro atoms. The lowest BCUT2D eigenvalue weighted by Gasteiger charge is -2.38. The van der Waals surface area contributed by atoms with E-state index in [1.54, 1.807) is 49.3 Å². The maximum absolute atomic E-state index is 13.0. The minimum absolute atomic E-state index is 0.0598. The van der Waals surface area contributed by atoms with E-state index in [0.29, 0.717) is 43.1 Å². The van der Waals surface area contributed by atoms with Crippen molar-refractivity contribution in [2.75, 3.05) is 48.1 Å².